The quantitative estimate of drug-likeness (QED) is 0.762. The van der Waals surface area contributed by atoms with Gasteiger partial charge in [0.2, 0.25) is 5.91 Å². The topological polar surface area (TPSA) is 59.5 Å². The lowest BCUT2D eigenvalue weighted by molar-refractivity contribution is -0.129. The highest BCUT2D eigenvalue weighted by Gasteiger charge is 2.08. The van der Waals surface area contributed by atoms with E-state index < -0.39 is 0 Å². The van der Waals surface area contributed by atoms with E-state index in [0.717, 1.165) is 18.7 Å². The second-order valence-corrected chi connectivity index (χ2v) is 3.54. The van der Waals surface area contributed by atoms with Crippen molar-refractivity contribution in [1.29, 1.82) is 0 Å². The smallest absolute Gasteiger partial charge is 0.222 e. The molecule has 4 nitrogen and oxygen atoms in total. The van der Waals surface area contributed by atoms with Gasteiger partial charge in [-0.25, -0.2) is 0 Å². The maximum atomic E-state index is 11.6. The van der Waals surface area contributed by atoms with Crippen molar-refractivity contribution in [3.63, 3.8) is 0 Å². The fourth-order valence-corrected chi connectivity index (χ4v) is 1.33. The first-order chi connectivity index (χ1) is 7.24. The minimum Gasteiger partial charge on any atom is -0.469 e. The Balaban J connectivity index is 2.23. The molecular formula is C11H18N2O2. The number of hydrogen-bond acceptors (Lipinski definition) is 3. The molecule has 1 heterocycles. The molecule has 84 valence electrons. The number of hydrogen-bond donors (Lipinski definition) is 1. The number of carbonyl (C=O) groups excluding carboxylic acids is 1. The van der Waals surface area contributed by atoms with Gasteiger partial charge in [-0.2, -0.15) is 0 Å². The summed E-state index contributed by atoms with van der Waals surface area (Å²) in [4.78, 5) is 13.3. The molecule has 1 amide bonds. The molecule has 0 aliphatic rings. The molecule has 0 bridgehead atoms. The van der Waals surface area contributed by atoms with Gasteiger partial charge in [-0.1, -0.05) is 0 Å². The van der Waals surface area contributed by atoms with Crippen molar-refractivity contribution >= 4 is 5.91 Å². The number of rotatable bonds is 6. The molecule has 0 spiro atoms. The standard InChI is InChI=1S/C11H18N2O2/c1-13(8-3-7-12)11(14)6-5-10-4-2-9-15-10/h2,4,9H,3,5-8,12H2,1H3. The van der Waals surface area contributed by atoms with E-state index in [1.165, 1.54) is 0 Å². The lowest BCUT2D eigenvalue weighted by Crippen LogP contribution is -2.29. The monoisotopic (exact) mass is 210 g/mol. The minimum absolute atomic E-state index is 0.139. The Labute approximate surface area is 90.0 Å². The Morgan fingerprint density at radius 2 is 2.40 bits per heavy atom. The van der Waals surface area contributed by atoms with E-state index in [0.29, 0.717) is 19.4 Å². The third-order valence-corrected chi connectivity index (χ3v) is 2.29. The number of nitrogens with zero attached hydrogens (tertiary/aromatic N) is 1. The molecule has 0 atom stereocenters. The molecule has 1 aromatic rings. The second-order valence-electron chi connectivity index (χ2n) is 3.54. The van der Waals surface area contributed by atoms with Crippen LogP contribution in [-0.4, -0.2) is 30.9 Å². The average molecular weight is 210 g/mol. The van der Waals surface area contributed by atoms with Crippen molar-refractivity contribution in [1.82, 2.24) is 4.90 Å². The van der Waals surface area contributed by atoms with Crippen LogP contribution in [0.15, 0.2) is 22.8 Å². The fourth-order valence-electron chi connectivity index (χ4n) is 1.33. The van der Waals surface area contributed by atoms with Gasteiger partial charge in [0.1, 0.15) is 5.76 Å². The van der Waals surface area contributed by atoms with Crippen LogP contribution < -0.4 is 5.73 Å². The van der Waals surface area contributed by atoms with Crippen molar-refractivity contribution < 1.29 is 9.21 Å². The maximum absolute atomic E-state index is 11.6. The van der Waals surface area contributed by atoms with Crippen molar-refractivity contribution in [3.05, 3.63) is 24.2 Å². The third-order valence-electron chi connectivity index (χ3n) is 2.29. The van der Waals surface area contributed by atoms with Crippen LogP contribution in [-0.2, 0) is 11.2 Å². The highest BCUT2D eigenvalue weighted by molar-refractivity contribution is 5.76. The molecule has 2 N–H and O–H groups in total. The summed E-state index contributed by atoms with van der Waals surface area (Å²) >= 11 is 0. The van der Waals surface area contributed by atoms with Gasteiger partial charge in [-0.3, -0.25) is 4.79 Å². The molecule has 0 aromatic carbocycles. The van der Waals surface area contributed by atoms with Gasteiger partial charge in [0.25, 0.3) is 0 Å². The van der Waals surface area contributed by atoms with E-state index in [4.69, 9.17) is 10.2 Å². The van der Waals surface area contributed by atoms with Crippen LogP contribution in [0.25, 0.3) is 0 Å². The third kappa shape index (κ3) is 4.16. The van der Waals surface area contributed by atoms with Crippen LogP contribution in [0, 0.1) is 0 Å². The van der Waals surface area contributed by atoms with Crippen molar-refractivity contribution in [3.8, 4) is 0 Å². The molecular weight excluding hydrogens is 192 g/mol. The molecule has 0 unspecified atom stereocenters. The van der Waals surface area contributed by atoms with E-state index >= 15 is 0 Å². The van der Waals surface area contributed by atoms with Crippen molar-refractivity contribution in [2.75, 3.05) is 20.1 Å². The van der Waals surface area contributed by atoms with Crippen molar-refractivity contribution in [2.45, 2.75) is 19.3 Å². The zero-order valence-corrected chi connectivity index (χ0v) is 9.11. The average Bonchev–Trinajstić information content (AvgIpc) is 2.75. The summed E-state index contributed by atoms with van der Waals surface area (Å²) in [5.74, 6) is 0.996. The number of carbonyl (C=O) groups is 1. The molecule has 0 saturated carbocycles. The Kier molecular flexibility index (Phi) is 4.90. The van der Waals surface area contributed by atoms with Gasteiger partial charge in [-0.15, -0.1) is 0 Å². The zero-order valence-electron chi connectivity index (χ0n) is 9.11. The van der Waals surface area contributed by atoms with E-state index in [2.05, 4.69) is 0 Å². The largest absolute Gasteiger partial charge is 0.469 e. The maximum Gasteiger partial charge on any atom is 0.222 e. The summed E-state index contributed by atoms with van der Waals surface area (Å²) in [6.07, 6.45) is 3.63. The van der Waals surface area contributed by atoms with Gasteiger partial charge in [0, 0.05) is 26.4 Å². The van der Waals surface area contributed by atoms with Gasteiger partial charge in [0.05, 0.1) is 6.26 Å². The summed E-state index contributed by atoms with van der Waals surface area (Å²) in [6.45, 7) is 1.35. The fraction of sp³-hybridized carbons (Fsp3) is 0.545. The first kappa shape index (κ1) is 11.8. The Morgan fingerprint density at radius 1 is 1.60 bits per heavy atom. The second kappa shape index (κ2) is 6.24. The minimum atomic E-state index is 0.139. The van der Waals surface area contributed by atoms with E-state index in [1.807, 2.05) is 12.1 Å². The highest BCUT2D eigenvalue weighted by Crippen LogP contribution is 2.05. The van der Waals surface area contributed by atoms with Crippen molar-refractivity contribution in [2.24, 2.45) is 5.73 Å². The first-order valence-electron chi connectivity index (χ1n) is 5.20. The molecule has 0 aliphatic carbocycles. The molecule has 4 heteroatoms. The number of furan rings is 1. The molecule has 0 fully saturated rings. The molecule has 0 saturated heterocycles. The highest BCUT2D eigenvalue weighted by atomic mass is 16.3. The molecule has 1 rings (SSSR count). The summed E-state index contributed by atoms with van der Waals surface area (Å²) in [5, 5.41) is 0. The number of amides is 1. The lowest BCUT2D eigenvalue weighted by Gasteiger charge is -2.15. The van der Waals surface area contributed by atoms with Crippen LogP contribution in [0.3, 0.4) is 0 Å². The van der Waals surface area contributed by atoms with E-state index in [1.54, 1.807) is 18.2 Å². The normalized spacial score (nSPS) is 10.3. The first-order valence-corrected chi connectivity index (χ1v) is 5.20. The van der Waals surface area contributed by atoms with Crippen LogP contribution in [0.5, 0.6) is 0 Å². The lowest BCUT2D eigenvalue weighted by atomic mass is 10.2. The molecule has 1 aromatic heterocycles. The predicted molar refractivity (Wildman–Crippen MR) is 58.3 cm³/mol. The van der Waals surface area contributed by atoms with Gasteiger partial charge < -0.3 is 15.1 Å². The van der Waals surface area contributed by atoms with Crippen LogP contribution in [0.1, 0.15) is 18.6 Å². The summed E-state index contributed by atoms with van der Waals surface area (Å²) in [7, 11) is 1.81. The molecule has 0 aliphatic heterocycles. The van der Waals surface area contributed by atoms with Gasteiger partial charge >= 0.3 is 0 Å². The Bertz CT molecular complexity index is 283. The summed E-state index contributed by atoms with van der Waals surface area (Å²) in [6, 6.07) is 3.71. The van der Waals surface area contributed by atoms with Gasteiger partial charge in [0.15, 0.2) is 0 Å². The Morgan fingerprint density at radius 3 is 3.00 bits per heavy atom. The SMILES string of the molecule is CN(CCCN)C(=O)CCc1ccco1. The number of aryl methyl sites for hydroxylation is 1. The summed E-state index contributed by atoms with van der Waals surface area (Å²) in [5.41, 5.74) is 5.38. The van der Waals surface area contributed by atoms with Crippen LogP contribution >= 0.6 is 0 Å². The Hall–Kier alpha value is -1.29. The predicted octanol–water partition coefficient (Wildman–Crippen LogP) is 1.02. The van der Waals surface area contributed by atoms with Crippen LogP contribution in [0.2, 0.25) is 0 Å². The molecule has 0 radical (unpaired) electrons. The number of nitrogens with two attached hydrogens (primary N) is 1. The van der Waals surface area contributed by atoms with Gasteiger partial charge in [-0.05, 0) is 25.1 Å². The van der Waals surface area contributed by atoms with E-state index in [9.17, 15) is 4.79 Å². The molecule has 15 heavy (non-hydrogen) atoms. The zero-order chi connectivity index (χ0) is 11.1. The summed E-state index contributed by atoms with van der Waals surface area (Å²) < 4.78 is 5.15. The van der Waals surface area contributed by atoms with E-state index in [-0.39, 0.29) is 5.91 Å². The van der Waals surface area contributed by atoms with Crippen LogP contribution in [0.4, 0.5) is 0 Å².